The lowest BCUT2D eigenvalue weighted by molar-refractivity contribution is 0.102. The number of aryl methyl sites for hydroxylation is 2. The van der Waals surface area contributed by atoms with Gasteiger partial charge in [0.15, 0.2) is 5.65 Å². The van der Waals surface area contributed by atoms with Crippen LogP contribution in [0.4, 0.5) is 10.1 Å². The Labute approximate surface area is 159 Å². The van der Waals surface area contributed by atoms with Gasteiger partial charge in [-0.2, -0.15) is 5.10 Å². The maximum absolute atomic E-state index is 14.2. The first-order chi connectivity index (χ1) is 13.1. The number of carbonyl (C=O) groups excluding carboxylic acids is 1. The summed E-state index contributed by atoms with van der Waals surface area (Å²) in [7, 11) is 0. The molecule has 0 aliphatic heterocycles. The molecule has 5 nitrogen and oxygen atoms in total. The van der Waals surface area contributed by atoms with Gasteiger partial charge in [0.1, 0.15) is 5.82 Å². The Bertz CT molecular complexity index is 1130. The Morgan fingerprint density at radius 3 is 2.85 bits per heavy atom. The zero-order valence-electron chi connectivity index (χ0n) is 14.9. The van der Waals surface area contributed by atoms with Crippen molar-refractivity contribution >= 4 is 34.0 Å². The highest BCUT2D eigenvalue weighted by atomic mass is 32.1. The molecule has 27 heavy (non-hydrogen) atoms. The van der Waals surface area contributed by atoms with Crippen molar-refractivity contribution in [2.24, 2.45) is 0 Å². The van der Waals surface area contributed by atoms with E-state index in [4.69, 9.17) is 0 Å². The van der Waals surface area contributed by atoms with Crippen LogP contribution in [0.1, 0.15) is 22.8 Å². The molecular weight excluding hydrogens is 363 g/mol. The molecule has 1 amide bonds. The maximum Gasteiger partial charge on any atom is 0.256 e. The molecule has 3 aromatic heterocycles. The van der Waals surface area contributed by atoms with E-state index < -0.39 is 11.7 Å². The number of carbonyl (C=O) groups is 1. The van der Waals surface area contributed by atoms with E-state index in [1.165, 1.54) is 6.07 Å². The molecular formula is C20H17FN4OS. The van der Waals surface area contributed by atoms with E-state index in [0.717, 1.165) is 10.4 Å². The first kappa shape index (κ1) is 17.4. The van der Waals surface area contributed by atoms with Crippen molar-refractivity contribution in [3.63, 3.8) is 0 Å². The van der Waals surface area contributed by atoms with Gasteiger partial charge in [0, 0.05) is 6.54 Å². The predicted molar refractivity (Wildman–Crippen MR) is 106 cm³/mol. The molecule has 0 spiro atoms. The molecule has 7 heteroatoms. The summed E-state index contributed by atoms with van der Waals surface area (Å²) in [6.07, 6.45) is 1.63. The van der Waals surface area contributed by atoms with Crippen molar-refractivity contribution in [1.29, 1.82) is 0 Å². The van der Waals surface area contributed by atoms with Gasteiger partial charge in [0.05, 0.1) is 33.4 Å². The molecule has 0 saturated carbocycles. The van der Waals surface area contributed by atoms with Crippen molar-refractivity contribution in [2.75, 3.05) is 5.32 Å². The maximum atomic E-state index is 14.2. The van der Waals surface area contributed by atoms with Crippen LogP contribution >= 0.6 is 11.3 Å². The van der Waals surface area contributed by atoms with E-state index in [-0.39, 0.29) is 5.69 Å². The summed E-state index contributed by atoms with van der Waals surface area (Å²) in [5.74, 6) is -0.852. The molecule has 0 aliphatic rings. The number of rotatable bonds is 4. The van der Waals surface area contributed by atoms with Crippen LogP contribution in [0.3, 0.4) is 0 Å². The van der Waals surface area contributed by atoms with Gasteiger partial charge < -0.3 is 5.32 Å². The minimum Gasteiger partial charge on any atom is -0.319 e. The van der Waals surface area contributed by atoms with Crippen LogP contribution in [0.5, 0.6) is 0 Å². The molecule has 0 unspecified atom stereocenters. The van der Waals surface area contributed by atoms with Crippen molar-refractivity contribution in [2.45, 2.75) is 20.4 Å². The van der Waals surface area contributed by atoms with Gasteiger partial charge in [0.25, 0.3) is 5.91 Å². The van der Waals surface area contributed by atoms with Crippen LogP contribution in [0, 0.1) is 12.7 Å². The second-order valence-electron chi connectivity index (χ2n) is 6.17. The third kappa shape index (κ3) is 3.21. The normalized spacial score (nSPS) is 11.1. The highest BCUT2D eigenvalue weighted by Gasteiger charge is 2.18. The number of amides is 1. The number of halogens is 1. The Balaban J connectivity index is 1.82. The van der Waals surface area contributed by atoms with Crippen LogP contribution < -0.4 is 5.32 Å². The number of hydrogen-bond donors (Lipinski definition) is 1. The second kappa shape index (κ2) is 6.92. The van der Waals surface area contributed by atoms with Crippen molar-refractivity contribution in [1.82, 2.24) is 14.8 Å². The summed E-state index contributed by atoms with van der Waals surface area (Å²) >= 11 is 1.55. The molecule has 4 aromatic rings. The number of benzene rings is 1. The largest absolute Gasteiger partial charge is 0.319 e. The van der Waals surface area contributed by atoms with Crippen molar-refractivity contribution < 1.29 is 9.18 Å². The summed E-state index contributed by atoms with van der Waals surface area (Å²) < 4.78 is 15.9. The molecule has 136 valence electrons. The summed E-state index contributed by atoms with van der Waals surface area (Å²) in [6.45, 7) is 4.40. The van der Waals surface area contributed by atoms with Gasteiger partial charge in [-0.25, -0.2) is 14.1 Å². The SMILES string of the molecule is CCn1ncc2c(C(=O)Nc3ccc(C)cc3F)cc(-c3cccs3)nc21. The Morgan fingerprint density at radius 1 is 1.30 bits per heavy atom. The fourth-order valence-electron chi connectivity index (χ4n) is 2.93. The van der Waals surface area contributed by atoms with Gasteiger partial charge in [-0.05, 0) is 49.1 Å². The summed E-state index contributed by atoms with van der Waals surface area (Å²) in [6, 6.07) is 10.3. The smallest absolute Gasteiger partial charge is 0.256 e. The van der Waals surface area contributed by atoms with E-state index in [0.29, 0.717) is 28.8 Å². The third-order valence-electron chi connectivity index (χ3n) is 4.30. The fourth-order valence-corrected chi connectivity index (χ4v) is 3.61. The van der Waals surface area contributed by atoms with Gasteiger partial charge >= 0.3 is 0 Å². The number of nitrogens with zero attached hydrogens (tertiary/aromatic N) is 3. The molecule has 1 N–H and O–H groups in total. The number of pyridine rings is 1. The molecule has 4 rings (SSSR count). The molecule has 1 aromatic carbocycles. The average molecular weight is 380 g/mol. The van der Waals surface area contributed by atoms with Crippen LogP contribution in [-0.2, 0) is 6.54 Å². The summed E-state index contributed by atoms with van der Waals surface area (Å²) in [5.41, 5.74) is 2.69. The summed E-state index contributed by atoms with van der Waals surface area (Å²) in [4.78, 5) is 18.6. The van der Waals surface area contributed by atoms with Gasteiger partial charge in [0.2, 0.25) is 0 Å². The third-order valence-corrected chi connectivity index (χ3v) is 5.19. The number of hydrogen-bond acceptors (Lipinski definition) is 4. The van der Waals surface area contributed by atoms with E-state index in [2.05, 4.69) is 15.4 Å². The first-order valence-corrected chi connectivity index (χ1v) is 9.42. The lowest BCUT2D eigenvalue weighted by atomic mass is 10.1. The predicted octanol–water partition coefficient (Wildman–Crippen LogP) is 4.88. The molecule has 0 fully saturated rings. The monoisotopic (exact) mass is 380 g/mol. The number of anilines is 1. The minimum atomic E-state index is -0.462. The van der Waals surface area contributed by atoms with Gasteiger partial charge in [-0.15, -0.1) is 11.3 Å². The van der Waals surface area contributed by atoms with E-state index >= 15 is 0 Å². The number of thiophene rings is 1. The molecule has 0 bridgehead atoms. The Kier molecular flexibility index (Phi) is 4.45. The van der Waals surface area contributed by atoms with Crippen LogP contribution in [0.2, 0.25) is 0 Å². The molecule has 0 saturated heterocycles. The second-order valence-corrected chi connectivity index (χ2v) is 7.12. The van der Waals surface area contributed by atoms with Crippen LogP contribution in [0.25, 0.3) is 21.6 Å². The van der Waals surface area contributed by atoms with Crippen molar-refractivity contribution in [3.05, 3.63) is 64.9 Å². The van der Waals surface area contributed by atoms with Crippen LogP contribution in [0.15, 0.2) is 48.0 Å². The topological polar surface area (TPSA) is 59.8 Å². The molecule has 0 aliphatic carbocycles. The van der Waals surface area contributed by atoms with Crippen molar-refractivity contribution in [3.8, 4) is 10.6 Å². The lowest BCUT2D eigenvalue weighted by Crippen LogP contribution is -2.14. The Morgan fingerprint density at radius 2 is 2.15 bits per heavy atom. The number of nitrogens with one attached hydrogen (secondary N) is 1. The highest BCUT2D eigenvalue weighted by Crippen LogP contribution is 2.28. The van der Waals surface area contributed by atoms with E-state index in [1.807, 2.05) is 24.4 Å². The van der Waals surface area contributed by atoms with Crippen LogP contribution in [-0.4, -0.2) is 20.7 Å². The molecule has 0 radical (unpaired) electrons. The van der Waals surface area contributed by atoms with E-state index in [9.17, 15) is 9.18 Å². The molecule has 0 atom stereocenters. The number of fused-ring (bicyclic) bond motifs is 1. The van der Waals surface area contributed by atoms with Gasteiger partial charge in [-0.1, -0.05) is 12.1 Å². The zero-order chi connectivity index (χ0) is 19.0. The zero-order valence-corrected chi connectivity index (χ0v) is 15.7. The number of aromatic nitrogens is 3. The Hall–Kier alpha value is -3.06. The highest BCUT2D eigenvalue weighted by molar-refractivity contribution is 7.13. The summed E-state index contributed by atoms with van der Waals surface area (Å²) in [5, 5.41) is 9.59. The lowest BCUT2D eigenvalue weighted by Gasteiger charge is -2.10. The van der Waals surface area contributed by atoms with E-state index in [1.54, 1.807) is 47.3 Å². The fraction of sp³-hybridized carbons (Fsp3) is 0.150. The molecule has 3 heterocycles. The standard InChI is InChI=1S/C20H17FN4OS/c1-3-25-19-14(11-22-25)13(10-17(23-19)18-5-4-8-27-18)20(26)24-16-7-6-12(2)9-15(16)21/h4-11H,3H2,1-2H3,(H,24,26). The minimum absolute atomic E-state index is 0.149. The quantitative estimate of drug-likeness (QED) is 0.549. The average Bonchev–Trinajstić information content (AvgIpc) is 3.32. The van der Waals surface area contributed by atoms with Gasteiger partial charge in [-0.3, -0.25) is 4.79 Å². The first-order valence-electron chi connectivity index (χ1n) is 8.54.